The van der Waals surface area contributed by atoms with E-state index in [1.54, 1.807) is 13.2 Å². The lowest BCUT2D eigenvalue weighted by molar-refractivity contribution is -0.136. The Kier molecular flexibility index (Phi) is 5.74. The maximum absolute atomic E-state index is 13.6. The minimum absolute atomic E-state index is 0.0108. The zero-order chi connectivity index (χ0) is 19.3. The van der Waals surface area contributed by atoms with Gasteiger partial charge in [-0.3, -0.25) is 9.59 Å². The average Bonchev–Trinajstić information content (AvgIpc) is 3.18. The van der Waals surface area contributed by atoms with Crippen molar-refractivity contribution in [2.75, 3.05) is 19.0 Å². The van der Waals surface area contributed by atoms with Crippen molar-refractivity contribution in [3.8, 4) is 5.75 Å². The van der Waals surface area contributed by atoms with Crippen LogP contribution in [0.4, 0.5) is 10.1 Å². The Hall–Kier alpha value is -2.89. The fourth-order valence-electron chi connectivity index (χ4n) is 3.64. The zero-order valence-corrected chi connectivity index (χ0v) is 15.3. The van der Waals surface area contributed by atoms with Gasteiger partial charge in [-0.1, -0.05) is 37.1 Å². The first-order valence-electron chi connectivity index (χ1n) is 9.02. The van der Waals surface area contributed by atoms with Crippen LogP contribution in [-0.2, 0) is 15.0 Å². The number of para-hydroxylation sites is 1. The Morgan fingerprint density at radius 2 is 1.70 bits per heavy atom. The number of hydrogen-bond donors (Lipinski definition) is 2. The first-order valence-corrected chi connectivity index (χ1v) is 9.02. The summed E-state index contributed by atoms with van der Waals surface area (Å²) in [6, 6.07) is 13.6. The van der Waals surface area contributed by atoms with Crippen molar-refractivity contribution in [3.63, 3.8) is 0 Å². The lowest BCUT2D eigenvalue weighted by Crippen LogP contribution is -2.43. The molecule has 0 aliphatic heterocycles. The fourth-order valence-corrected chi connectivity index (χ4v) is 3.64. The van der Waals surface area contributed by atoms with E-state index in [1.807, 2.05) is 24.3 Å². The molecule has 0 aromatic heterocycles. The van der Waals surface area contributed by atoms with Crippen LogP contribution in [0.2, 0.25) is 0 Å². The van der Waals surface area contributed by atoms with Crippen LogP contribution in [0.15, 0.2) is 48.5 Å². The van der Waals surface area contributed by atoms with Gasteiger partial charge in [-0.2, -0.15) is 0 Å². The second-order valence-electron chi connectivity index (χ2n) is 6.83. The van der Waals surface area contributed by atoms with E-state index in [0.29, 0.717) is 6.54 Å². The van der Waals surface area contributed by atoms with Gasteiger partial charge in [-0.15, -0.1) is 0 Å². The maximum atomic E-state index is 13.6. The second-order valence-corrected chi connectivity index (χ2v) is 6.83. The molecule has 0 heterocycles. The van der Waals surface area contributed by atoms with Crippen LogP contribution >= 0.6 is 0 Å². The van der Waals surface area contributed by atoms with Gasteiger partial charge in [0.15, 0.2) is 0 Å². The normalized spacial score (nSPS) is 15.2. The Bertz CT molecular complexity index is 814. The highest BCUT2D eigenvalue weighted by Gasteiger charge is 2.36. The van der Waals surface area contributed by atoms with Crippen LogP contribution in [0.3, 0.4) is 0 Å². The van der Waals surface area contributed by atoms with Crippen molar-refractivity contribution < 1.29 is 18.7 Å². The van der Waals surface area contributed by atoms with Gasteiger partial charge in [0, 0.05) is 12.0 Å². The van der Waals surface area contributed by atoms with E-state index in [1.165, 1.54) is 18.2 Å². The third-order valence-corrected chi connectivity index (χ3v) is 5.18. The summed E-state index contributed by atoms with van der Waals surface area (Å²) in [6.45, 7) is 0.364. The SMILES string of the molecule is COc1ccc(C2(CNC(=O)C(=O)Nc3ccccc3F)CCCC2)cc1. The third kappa shape index (κ3) is 4.27. The molecule has 0 bridgehead atoms. The number of carbonyl (C=O) groups is 2. The standard InChI is InChI=1S/C21H23FN2O3/c1-27-16-10-8-15(9-11-16)21(12-4-5-13-21)14-23-19(25)20(26)24-18-7-3-2-6-17(18)22/h2-3,6-11H,4-5,12-14H2,1H3,(H,23,25)(H,24,26). The molecular formula is C21H23FN2O3. The van der Waals surface area contributed by atoms with Crippen LogP contribution in [0.5, 0.6) is 5.75 Å². The van der Waals surface area contributed by atoms with Gasteiger partial charge in [-0.25, -0.2) is 4.39 Å². The summed E-state index contributed by atoms with van der Waals surface area (Å²) in [5, 5.41) is 5.04. The lowest BCUT2D eigenvalue weighted by atomic mass is 9.78. The molecule has 2 amide bonds. The molecule has 1 saturated carbocycles. The minimum atomic E-state index is -0.872. The van der Waals surface area contributed by atoms with E-state index < -0.39 is 17.6 Å². The Morgan fingerprint density at radius 3 is 2.33 bits per heavy atom. The summed E-state index contributed by atoms with van der Waals surface area (Å²) in [4.78, 5) is 24.3. The fraction of sp³-hybridized carbons (Fsp3) is 0.333. The molecule has 5 nitrogen and oxygen atoms in total. The molecule has 0 atom stereocenters. The van der Waals surface area contributed by atoms with E-state index in [0.717, 1.165) is 37.0 Å². The number of carbonyl (C=O) groups excluding carboxylic acids is 2. The van der Waals surface area contributed by atoms with E-state index in [9.17, 15) is 14.0 Å². The first-order chi connectivity index (χ1) is 13.0. The number of nitrogens with one attached hydrogen (secondary N) is 2. The molecule has 2 aromatic carbocycles. The van der Waals surface area contributed by atoms with Crippen LogP contribution < -0.4 is 15.4 Å². The molecule has 27 heavy (non-hydrogen) atoms. The predicted octanol–water partition coefficient (Wildman–Crippen LogP) is 3.40. The Balaban J connectivity index is 1.66. The van der Waals surface area contributed by atoms with Crippen molar-refractivity contribution in [1.82, 2.24) is 5.32 Å². The highest BCUT2D eigenvalue weighted by molar-refractivity contribution is 6.39. The maximum Gasteiger partial charge on any atom is 0.313 e. The summed E-state index contributed by atoms with van der Waals surface area (Å²) < 4.78 is 18.8. The molecule has 0 unspecified atom stereocenters. The van der Waals surface area contributed by atoms with E-state index >= 15 is 0 Å². The van der Waals surface area contributed by atoms with Gasteiger partial charge in [0.05, 0.1) is 12.8 Å². The molecule has 3 rings (SSSR count). The van der Waals surface area contributed by atoms with Crippen LogP contribution in [0, 0.1) is 5.82 Å². The molecule has 0 saturated heterocycles. The van der Waals surface area contributed by atoms with Crippen LogP contribution in [0.25, 0.3) is 0 Å². The molecule has 142 valence electrons. The van der Waals surface area contributed by atoms with E-state index in [4.69, 9.17) is 4.74 Å². The van der Waals surface area contributed by atoms with Gasteiger partial charge in [0.2, 0.25) is 0 Å². The largest absolute Gasteiger partial charge is 0.497 e. The molecule has 1 aliphatic carbocycles. The monoisotopic (exact) mass is 370 g/mol. The predicted molar refractivity (Wildman–Crippen MR) is 101 cm³/mol. The zero-order valence-electron chi connectivity index (χ0n) is 15.3. The van der Waals surface area contributed by atoms with E-state index in [-0.39, 0.29) is 11.1 Å². The number of amides is 2. The molecule has 1 aliphatic rings. The van der Waals surface area contributed by atoms with Crippen molar-refractivity contribution in [3.05, 3.63) is 59.9 Å². The number of anilines is 1. The Labute approximate surface area is 157 Å². The van der Waals surface area contributed by atoms with Gasteiger partial charge >= 0.3 is 11.8 Å². The van der Waals surface area contributed by atoms with Crippen molar-refractivity contribution in [2.45, 2.75) is 31.1 Å². The number of methoxy groups -OCH3 is 1. The van der Waals surface area contributed by atoms with Gasteiger partial charge in [0.25, 0.3) is 0 Å². The summed E-state index contributed by atoms with van der Waals surface area (Å²) >= 11 is 0. The van der Waals surface area contributed by atoms with Crippen molar-refractivity contribution >= 4 is 17.5 Å². The number of halogens is 1. The minimum Gasteiger partial charge on any atom is -0.497 e. The van der Waals surface area contributed by atoms with Gasteiger partial charge in [0.1, 0.15) is 11.6 Å². The van der Waals surface area contributed by atoms with Crippen molar-refractivity contribution in [1.29, 1.82) is 0 Å². The number of hydrogen-bond acceptors (Lipinski definition) is 3. The summed E-state index contributed by atoms with van der Waals surface area (Å²) in [7, 11) is 1.62. The molecule has 6 heteroatoms. The molecule has 1 fully saturated rings. The van der Waals surface area contributed by atoms with Gasteiger partial charge in [-0.05, 0) is 42.7 Å². The highest BCUT2D eigenvalue weighted by atomic mass is 19.1. The first kappa shape index (κ1) is 18.9. The molecule has 2 aromatic rings. The molecule has 2 N–H and O–H groups in total. The Morgan fingerprint density at radius 1 is 1.04 bits per heavy atom. The third-order valence-electron chi connectivity index (χ3n) is 5.18. The van der Waals surface area contributed by atoms with Gasteiger partial charge < -0.3 is 15.4 Å². The summed E-state index contributed by atoms with van der Waals surface area (Å²) in [5.74, 6) is -1.44. The number of ether oxygens (including phenoxy) is 1. The van der Waals surface area contributed by atoms with E-state index in [2.05, 4.69) is 10.6 Å². The topological polar surface area (TPSA) is 67.4 Å². The summed E-state index contributed by atoms with van der Waals surface area (Å²) in [6.07, 6.45) is 4.02. The molecule has 0 spiro atoms. The smallest absolute Gasteiger partial charge is 0.313 e. The second kappa shape index (κ2) is 8.20. The van der Waals surface area contributed by atoms with Crippen LogP contribution in [-0.4, -0.2) is 25.5 Å². The number of benzene rings is 2. The quantitative estimate of drug-likeness (QED) is 0.793. The van der Waals surface area contributed by atoms with Crippen molar-refractivity contribution in [2.24, 2.45) is 0 Å². The summed E-state index contributed by atoms with van der Waals surface area (Å²) in [5.41, 5.74) is 0.916. The highest BCUT2D eigenvalue weighted by Crippen LogP contribution is 2.41. The van der Waals surface area contributed by atoms with Crippen LogP contribution in [0.1, 0.15) is 31.2 Å². The number of rotatable bonds is 5. The molecule has 0 radical (unpaired) electrons. The lowest BCUT2D eigenvalue weighted by Gasteiger charge is -2.30. The molecular weight excluding hydrogens is 347 g/mol. The average molecular weight is 370 g/mol.